The van der Waals surface area contributed by atoms with E-state index in [1.165, 1.54) is 0 Å². The zero-order valence-electron chi connectivity index (χ0n) is 9.49. The maximum Gasteiger partial charge on any atom is 0.151 e. The molecule has 0 spiro atoms. The zero-order chi connectivity index (χ0) is 11.5. The molecule has 1 fully saturated rings. The van der Waals surface area contributed by atoms with E-state index in [1.54, 1.807) is 0 Å². The van der Waals surface area contributed by atoms with Gasteiger partial charge in [0, 0.05) is 12.6 Å². The van der Waals surface area contributed by atoms with E-state index in [2.05, 4.69) is 5.32 Å². The summed E-state index contributed by atoms with van der Waals surface area (Å²) in [6, 6.07) is 0.0274. The monoisotopic (exact) mass is 235 g/mol. The minimum absolute atomic E-state index is 0.0274. The molecule has 1 unspecified atom stereocenters. The van der Waals surface area contributed by atoms with Gasteiger partial charge in [-0.2, -0.15) is 0 Å². The molecule has 0 aromatic rings. The van der Waals surface area contributed by atoms with Crippen molar-refractivity contribution in [3.8, 4) is 0 Å². The van der Waals surface area contributed by atoms with E-state index in [9.17, 15) is 13.5 Å². The van der Waals surface area contributed by atoms with Crippen molar-refractivity contribution in [3.05, 3.63) is 0 Å². The standard InChI is InChI=1S/C10H21NO3S/c1-3-10(12,4-2)8-11-9-5-6-15(13,14)7-9/h9,11-12H,3-8H2,1-2H3. The molecular weight excluding hydrogens is 214 g/mol. The first-order chi connectivity index (χ1) is 6.91. The fourth-order valence-electron chi connectivity index (χ4n) is 1.79. The number of aliphatic hydroxyl groups is 1. The van der Waals surface area contributed by atoms with Crippen LogP contribution < -0.4 is 5.32 Å². The van der Waals surface area contributed by atoms with Gasteiger partial charge in [0.2, 0.25) is 0 Å². The first kappa shape index (κ1) is 12.9. The Morgan fingerprint density at radius 1 is 1.40 bits per heavy atom. The van der Waals surface area contributed by atoms with Crippen LogP contribution in [0.25, 0.3) is 0 Å². The molecule has 0 saturated carbocycles. The van der Waals surface area contributed by atoms with Crippen LogP contribution in [0.3, 0.4) is 0 Å². The lowest BCUT2D eigenvalue weighted by atomic mass is 9.97. The summed E-state index contributed by atoms with van der Waals surface area (Å²) >= 11 is 0. The maximum atomic E-state index is 11.2. The van der Waals surface area contributed by atoms with Gasteiger partial charge in [0.05, 0.1) is 17.1 Å². The van der Waals surface area contributed by atoms with E-state index in [0.717, 1.165) is 0 Å². The van der Waals surface area contributed by atoms with Crippen LogP contribution in [0.5, 0.6) is 0 Å². The fourth-order valence-corrected chi connectivity index (χ4v) is 3.50. The van der Waals surface area contributed by atoms with Crippen molar-refractivity contribution < 1.29 is 13.5 Å². The van der Waals surface area contributed by atoms with Crippen LogP contribution in [0.2, 0.25) is 0 Å². The topological polar surface area (TPSA) is 66.4 Å². The predicted octanol–water partition coefficient (Wildman–Crippen LogP) is 0.314. The van der Waals surface area contributed by atoms with Crippen molar-refractivity contribution in [1.82, 2.24) is 5.32 Å². The Morgan fingerprint density at radius 2 is 2.00 bits per heavy atom. The normalized spacial score (nSPS) is 25.7. The van der Waals surface area contributed by atoms with E-state index in [-0.39, 0.29) is 17.5 Å². The third kappa shape index (κ3) is 3.74. The molecule has 0 amide bonds. The molecule has 4 nitrogen and oxygen atoms in total. The molecule has 1 saturated heterocycles. The van der Waals surface area contributed by atoms with Gasteiger partial charge in [-0.25, -0.2) is 8.42 Å². The van der Waals surface area contributed by atoms with Gasteiger partial charge < -0.3 is 10.4 Å². The van der Waals surface area contributed by atoms with Gasteiger partial charge in [-0.05, 0) is 19.3 Å². The van der Waals surface area contributed by atoms with E-state index in [4.69, 9.17) is 0 Å². The number of hydrogen-bond acceptors (Lipinski definition) is 4. The first-order valence-corrected chi connectivity index (χ1v) is 7.39. The third-order valence-electron chi connectivity index (χ3n) is 3.27. The van der Waals surface area contributed by atoms with Crippen molar-refractivity contribution in [2.24, 2.45) is 0 Å². The molecule has 1 aliphatic rings. The van der Waals surface area contributed by atoms with Crippen LogP contribution in [0, 0.1) is 0 Å². The smallest absolute Gasteiger partial charge is 0.151 e. The van der Waals surface area contributed by atoms with Crippen LogP contribution in [-0.4, -0.2) is 43.2 Å². The second-order valence-corrected chi connectivity index (χ2v) is 6.64. The number of hydrogen-bond donors (Lipinski definition) is 2. The maximum absolute atomic E-state index is 11.2. The average molecular weight is 235 g/mol. The Kier molecular flexibility index (Phi) is 4.14. The highest BCUT2D eigenvalue weighted by Gasteiger charge is 2.30. The quantitative estimate of drug-likeness (QED) is 0.720. The van der Waals surface area contributed by atoms with E-state index < -0.39 is 15.4 Å². The highest BCUT2D eigenvalue weighted by atomic mass is 32.2. The van der Waals surface area contributed by atoms with Crippen molar-refractivity contribution in [2.45, 2.75) is 44.8 Å². The largest absolute Gasteiger partial charge is 0.389 e. The Morgan fingerprint density at radius 3 is 2.40 bits per heavy atom. The Hall–Kier alpha value is -0.130. The number of sulfone groups is 1. The van der Waals surface area contributed by atoms with Crippen LogP contribution in [0.1, 0.15) is 33.1 Å². The van der Waals surface area contributed by atoms with Gasteiger partial charge in [-0.15, -0.1) is 0 Å². The summed E-state index contributed by atoms with van der Waals surface area (Å²) in [5, 5.41) is 13.2. The van der Waals surface area contributed by atoms with Gasteiger partial charge >= 0.3 is 0 Å². The summed E-state index contributed by atoms with van der Waals surface area (Å²) < 4.78 is 22.4. The summed E-state index contributed by atoms with van der Waals surface area (Å²) in [5.74, 6) is 0.498. The lowest BCUT2D eigenvalue weighted by molar-refractivity contribution is 0.0305. The highest BCUT2D eigenvalue weighted by molar-refractivity contribution is 7.91. The van der Waals surface area contributed by atoms with Gasteiger partial charge in [0.1, 0.15) is 0 Å². The fraction of sp³-hybridized carbons (Fsp3) is 1.00. The summed E-state index contributed by atoms with van der Waals surface area (Å²) in [4.78, 5) is 0. The molecule has 90 valence electrons. The van der Waals surface area contributed by atoms with Crippen LogP contribution >= 0.6 is 0 Å². The molecule has 0 aromatic heterocycles. The molecule has 1 atom stereocenters. The Labute approximate surface area is 92.0 Å². The van der Waals surface area contributed by atoms with Crippen LogP contribution in [0.4, 0.5) is 0 Å². The molecule has 1 aliphatic heterocycles. The summed E-state index contributed by atoms with van der Waals surface area (Å²) in [7, 11) is -2.82. The molecule has 2 N–H and O–H groups in total. The number of rotatable bonds is 5. The minimum atomic E-state index is -2.82. The summed E-state index contributed by atoms with van der Waals surface area (Å²) in [6.07, 6.45) is 2.05. The first-order valence-electron chi connectivity index (χ1n) is 5.57. The molecule has 1 rings (SSSR count). The minimum Gasteiger partial charge on any atom is -0.389 e. The summed E-state index contributed by atoms with van der Waals surface area (Å²) in [6.45, 7) is 4.37. The molecule has 0 aromatic carbocycles. The van der Waals surface area contributed by atoms with Gasteiger partial charge in [-0.3, -0.25) is 0 Å². The van der Waals surface area contributed by atoms with Gasteiger partial charge in [0.25, 0.3) is 0 Å². The molecule has 0 radical (unpaired) electrons. The SMILES string of the molecule is CCC(O)(CC)CNC1CCS(=O)(=O)C1. The Bertz CT molecular complexity index is 296. The van der Waals surface area contributed by atoms with Gasteiger partial charge in [0.15, 0.2) is 9.84 Å². The average Bonchev–Trinajstić information content (AvgIpc) is 2.55. The van der Waals surface area contributed by atoms with Crippen LogP contribution in [-0.2, 0) is 9.84 Å². The van der Waals surface area contributed by atoms with Crippen molar-refractivity contribution in [3.63, 3.8) is 0 Å². The lowest BCUT2D eigenvalue weighted by Crippen LogP contribution is -2.44. The molecule has 0 aliphatic carbocycles. The van der Waals surface area contributed by atoms with Gasteiger partial charge in [-0.1, -0.05) is 13.8 Å². The number of nitrogens with one attached hydrogen (secondary N) is 1. The molecule has 5 heteroatoms. The molecule has 1 heterocycles. The second-order valence-electron chi connectivity index (χ2n) is 4.41. The lowest BCUT2D eigenvalue weighted by Gasteiger charge is -2.27. The van der Waals surface area contributed by atoms with E-state index in [1.807, 2.05) is 13.8 Å². The molecule has 15 heavy (non-hydrogen) atoms. The molecular formula is C10H21NO3S. The highest BCUT2D eigenvalue weighted by Crippen LogP contribution is 2.16. The third-order valence-corrected chi connectivity index (χ3v) is 5.04. The second kappa shape index (κ2) is 4.80. The van der Waals surface area contributed by atoms with Crippen molar-refractivity contribution in [2.75, 3.05) is 18.1 Å². The van der Waals surface area contributed by atoms with Crippen molar-refractivity contribution in [1.29, 1.82) is 0 Å². The Balaban J connectivity index is 2.38. The zero-order valence-corrected chi connectivity index (χ0v) is 10.3. The van der Waals surface area contributed by atoms with E-state index in [0.29, 0.717) is 25.8 Å². The van der Waals surface area contributed by atoms with Crippen LogP contribution in [0.15, 0.2) is 0 Å². The summed E-state index contributed by atoms with van der Waals surface area (Å²) in [5.41, 5.74) is -0.688. The molecule has 0 bridgehead atoms. The van der Waals surface area contributed by atoms with E-state index >= 15 is 0 Å². The predicted molar refractivity (Wildman–Crippen MR) is 60.6 cm³/mol. The van der Waals surface area contributed by atoms with Crippen molar-refractivity contribution >= 4 is 9.84 Å².